The van der Waals surface area contributed by atoms with Gasteiger partial charge in [-0.1, -0.05) is 66.2 Å². The van der Waals surface area contributed by atoms with E-state index in [0.717, 1.165) is 5.56 Å². The zero-order valence-corrected chi connectivity index (χ0v) is 17.3. The van der Waals surface area contributed by atoms with Crippen LogP contribution in [-0.4, -0.2) is 32.0 Å². The maximum absolute atomic E-state index is 13.0. The van der Waals surface area contributed by atoms with E-state index in [-0.39, 0.29) is 17.5 Å². The van der Waals surface area contributed by atoms with Gasteiger partial charge in [0.1, 0.15) is 0 Å². The first-order valence-corrected chi connectivity index (χ1v) is 10.1. The van der Waals surface area contributed by atoms with E-state index in [1.165, 1.54) is 5.56 Å². The lowest BCUT2D eigenvalue weighted by Gasteiger charge is -2.13. The highest BCUT2D eigenvalue weighted by Gasteiger charge is 2.21. The van der Waals surface area contributed by atoms with Gasteiger partial charge in [-0.3, -0.25) is 4.79 Å². The number of halogens is 1. The number of nitrogens with zero attached hydrogens (tertiary/aromatic N) is 4. The van der Waals surface area contributed by atoms with Crippen molar-refractivity contribution in [2.45, 2.75) is 19.4 Å². The number of carbonyl (C=O) groups is 1. The molecular formula is C23H22ClN5O. The normalized spacial score (nSPS) is 11.9. The van der Waals surface area contributed by atoms with E-state index in [1.54, 1.807) is 4.68 Å². The molecule has 1 atom stereocenters. The highest BCUT2D eigenvalue weighted by molar-refractivity contribution is 6.30. The maximum atomic E-state index is 13.0. The number of benzene rings is 2. The van der Waals surface area contributed by atoms with E-state index >= 15 is 0 Å². The number of rotatable bonds is 7. The molecule has 2 aromatic heterocycles. The second-order valence-corrected chi connectivity index (χ2v) is 7.60. The number of carbonyl (C=O) groups excluding carboxylic acids is 1. The molecule has 152 valence electrons. The van der Waals surface area contributed by atoms with Gasteiger partial charge in [0.2, 0.25) is 0 Å². The first-order chi connectivity index (χ1) is 14.6. The van der Waals surface area contributed by atoms with Crippen molar-refractivity contribution >= 4 is 17.5 Å². The van der Waals surface area contributed by atoms with Crippen molar-refractivity contribution in [3.05, 3.63) is 101 Å². The lowest BCUT2D eigenvalue weighted by atomic mass is 10.0. The third-order valence-electron chi connectivity index (χ3n) is 4.93. The molecule has 0 saturated carbocycles. The lowest BCUT2D eigenvalue weighted by molar-refractivity contribution is 0.0946. The minimum absolute atomic E-state index is 0.187. The Kier molecular flexibility index (Phi) is 5.95. The number of aromatic nitrogens is 4. The van der Waals surface area contributed by atoms with Crippen molar-refractivity contribution in [1.82, 2.24) is 24.9 Å². The average molecular weight is 420 g/mol. The molecule has 0 bridgehead atoms. The Morgan fingerprint density at radius 2 is 1.83 bits per heavy atom. The maximum Gasteiger partial charge on any atom is 0.275 e. The summed E-state index contributed by atoms with van der Waals surface area (Å²) in [5.74, 6) is 0.551. The predicted molar refractivity (Wildman–Crippen MR) is 117 cm³/mol. The van der Waals surface area contributed by atoms with E-state index in [9.17, 15) is 4.79 Å². The van der Waals surface area contributed by atoms with E-state index in [1.807, 2.05) is 71.6 Å². The van der Waals surface area contributed by atoms with Crippen molar-refractivity contribution in [3.63, 3.8) is 0 Å². The van der Waals surface area contributed by atoms with Crippen LogP contribution in [-0.2, 0) is 6.54 Å². The Balaban J connectivity index is 1.57. The topological polar surface area (TPSA) is 64.7 Å². The minimum atomic E-state index is -0.251. The van der Waals surface area contributed by atoms with E-state index in [2.05, 4.69) is 34.7 Å². The van der Waals surface area contributed by atoms with Crippen LogP contribution in [0.2, 0.25) is 5.02 Å². The fourth-order valence-corrected chi connectivity index (χ4v) is 3.54. The average Bonchev–Trinajstić information content (AvgIpc) is 3.42. The Morgan fingerprint density at radius 3 is 2.57 bits per heavy atom. The molecule has 0 saturated heterocycles. The summed E-state index contributed by atoms with van der Waals surface area (Å²) in [6.07, 6.45) is 3.74. The molecule has 4 aromatic rings. The summed E-state index contributed by atoms with van der Waals surface area (Å²) >= 11 is 6.11. The number of amides is 1. The molecule has 6 nitrogen and oxygen atoms in total. The number of hydrogen-bond donors (Lipinski definition) is 1. The van der Waals surface area contributed by atoms with Gasteiger partial charge >= 0.3 is 0 Å². The molecule has 0 spiro atoms. The Morgan fingerprint density at radius 1 is 1.07 bits per heavy atom. The molecule has 0 aliphatic rings. The zero-order chi connectivity index (χ0) is 20.9. The van der Waals surface area contributed by atoms with Crippen LogP contribution in [0.4, 0.5) is 0 Å². The molecule has 30 heavy (non-hydrogen) atoms. The lowest BCUT2D eigenvalue weighted by Crippen LogP contribution is -2.29. The number of nitrogens with one attached hydrogen (secondary N) is 1. The summed E-state index contributed by atoms with van der Waals surface area (Å²) in [5, 5.41) is 12.1. The van der Waals surface area contributed by atoms with Crippen LogP contribution < -0.4 is 5.32 Å². The molecule has 1 amide bonds. The molecular weight excluding hydrogens is 398 g/mol. The van der Waals surface area contributed by atoms with Gasteiger partial charge in [-0.2, -0.15) is 0 Å². The van der Waals surface area contributed by atoms with Crippen molar-refractivity contribution in [1.29, 1.82) is 0 Å². The van der Waals surface area contributed by atoms with E-state index < -0.39 is 0 Å². The monoisotopic (exact) mass is 419 g/mol. The highest BCUT2D eigenvalue weighted by atomic mass is 35.5. The molecule has 0 aliphatic carbocycles. The summed E-state index contributed by atoms with van der Waals surface area (Å²) in [5.41, 5.74) is 2.44. The largest absolute Gasteiger partial charge is 0.350 e. The number of hydrogen-bond acceptors (Lipinski definition) is 3. The van der Waals surface area contributed by atoms with Gasteiger partial charge in [0, 0.05) is 24.0 Å². The molecule has 1 N–H and O–H groups in total. The summed E-state index contributed by atoms with van der Waals surface area (Å²) in [7, 11) is 0. The third kappa shape index (κ3) is 4.44. The van der Waals surface area contributed by atoms with Gasteiger partial charge in [0.15, 0.2) is 11.5 Å². The van der Waals surface area contributed by atoms with Crippen LogP contribution in [0.15, 0.2) is 79.1 Å². The standard InChI is InChI=1S/C23H22ClN5O/c1-17(19-9-3-2-4-10-19)15-25-22(30)21-23(28-12-5-6-13-28)29(27-26-21)16-18-8-7-11-20(24)14-18/h2-14,17H,15-16H2,1H3,(H,25,30). The van der Waals surface area contributed by atoms with Gasteiger partial charge in [0.25, 0.3) is 5.91 Å². The molecule has 2 heterocycles. The highest BCUT2D eigenvalue weighted by Crippen LogP contribution is 2.18. The van der Waals surface area contributed by atoms with Crippen LogP contribution in [0.3, 0.4) is 0 Å². The van der Waals surface area contributed by atoms with Crippen LogP contribution in [0.1, 0.15) is 34.5 Å². The van der Waals surface area contributed by atoms with Crippen LogP contribution >= 0.6 is 11.6 Å². The first kappa shape index (κ1) is 19.9. The zero-order valence-electron chi connectivity index (χ0n) is 16.6. The van der Waals surface area contributed by atoms with Crippen molar-refractivity contribution < 1.29 is 4.79 Å². The quantitative estimate of drug-likeness (QED) is 0.485. The fraction of sp³-hybridized carbons (Fsp3) is 0.174. The minimum Gasteiger partial charge on any atom is -0.350 e. The van der Waals surface area contributed by atoms with Gasteiger partial charge in [-0.25, -0.2) is 4.68 Å². The first-order valence-electron chi connectivity index (χ1n) is 9.76. The van der Waals surface area contributed by atoms with Crippen molar-refractivity contribution in [2.75, 3.05) is 6.54 Å². The van der Waals surface area contributed by atoms with Crippen molar-refractivity contribution in [2.24, 2.45) is 0 Å². The van der Waals surface area contributed by atoms with Gasteiger partial charge in [-0.05, 0) is 41.3 Å². The molecule has 0 fully saturated rings. The second-order valence-electron chi connectivity index (χ2n) is 7.16. The van der Waals surface area contributed by atoms with Crippen molar-refractivity contribution in [3.8, 4) is 5.82 Å². The summed E-state index contributed by atoms with van der Waals surface area (Å²) < 4.78 is 3.56. The second kappa shape index (κ2) is 8.97. The van der Waals surface area contributed by atoms with Gasteiger partial charge < -0.3 is 9.88 Å². The SMILES string of the molecule is CC(CNC(=O)c1nnn(Cc2cccc(Cl)c2)c1-n1cccc1)c1ccccc1. The predicted octanol–water partition coefficient (Wildman–Crippen LogP) is 4.30. The summed E-state index contributed by atoms with van der Waals surface area (Å²) in [4.78, 5) is 13.0. The Labute approximate surface area is 180 Å². The van der Waals surface area contributed by atoms with Gasteiger partial charge in [-0.15, -0.1) is 5.10 Å². The Hall–Kier alpha value is -3.38. The third-order valence-corrected chi connectivity index (χ3v) is 5.17. The van der Waals surface area contributed by atoms with Crippen LogP contribution in [0.5, 0.6) is 0 Å². The van der Waals surface area contributed by atoms with Gasteiger partial charge in [0.05, 0.1) is 6.54 Å². The summed E-state index contributed by atoms with van der Waals surface area (Å²) in [6.45, 7) is 3.04. The smallest absolute Gasteiger partial charge is 0.275 e. The van der Waals surface area contributed by atoms with E-state index in [4.69, 9.17) is 11.6 Å². The molecule has 0 aliphatic heterocycles. The molecule has 2 aromatic carbocycles. The van der Waals surface area contributed by atoms with E-state index in [0.29, 0.717) is 23.9 Å². The summed E-state index contributed by atoms with van der Waals surface area (Å²) in [6, 6.07) is 21.5. The molecule has 1 unspecified atom stereocenters. The Bertz CT molecular complexity index is 1120. The van der Waals surface area contributed by atoms with Crippen LogP contribution in [0.25, 0.3) is 5.82 Å². The molecule has 7 heteroatoms. The van der Waals surface area contributed by atoms with Crippen LogP contribution in [0, 0.1) is 0 Å². The molecule has 0 radical (unpaired) electrons. The fourth-order valence-electron chi connectivity index (χ4n) is 3.33. The molecule has 4 rings (SSSR count).